The number of rotatable bonds is 3. The predicted molar refractivity (Wildman–Crippen MR) is 100 cm³/mol. The van der Waals surface area contributed by atoms with Crippen molar-refractivity contribution < 1.29 is 27.6 Å². The minimum absolute atomic E-state index is 0.170. The van der Waals surface area contributed by atoms with Crippen molar-refractivity contribution in [3.05, 3.63) is 32.3 Å². The molecule has 11 heteroatoms. The summed E-state index contributed by atoms with van der Waals surface area (Å²) in [6.07, 6.45) is -4.05. The van der Waals surface area contributed by atoms with Crippen LogP contribution in [-0.2, 0) is 10.9 Å². The minimum Gasteiger partial charge on any atom is -0.444 e. The number of nitrogens with zero attached hydrogens (tertiary/aromatic N) is 2. The van der Waals surface area contributed by atoms with Crippen LogP contribution in [-0.4, -0.2) is 40.6 Å². The van der Waals surface area contributed by atoms with E-state index in [0.29, 0.717) is 25.5 Å². The highest BCUT2D eigenvalue weighted by Gasteiger charge is 2.36. The lowest BCUT2D eigenvalue weighted by Gasteiger charge is -2.34. The molecule has 28 heavy (non-hydrogen) atoms. The number of anilines is 1. The molecule has 1 aromatic rings. The van der Waals surface area contributed by atoms with Crippen molar-refractivity contribution in [3.8, 4) is 0 Å². The maximum Gasteiger partial charge on any atom is 0.417 e. The summed E-state index contributed by atoms with van der Waals surface area (Å²) in [6, 6.07) is 1.11. The van der Waals surface area contributed by atoms with Crippen LogP contribution in [0.4, 0.5) is 29.3 Å². The number of carbonyl (C=O) groups excluding carboxylic acids is 1. The average Bonchev–Trinajstić information content (AvgIpc) is 2.53. The van der Waals surface area contributed by atoms with Crippen molar-refractivity contribution in [2.24, 2.45) is 0 Å². The smallest absolute Gasteiger partial charge is 0.417 e. The van der Waals surface area contributed by atoms with Crippen LogP contribution in [0.5, 0.6) is 0 Å². The Hall–Kier alpha value is -2.04. The van der Waals surface area contributed by atoms with E-state index in [1.54, 1.807) is 20.8 Å². The third-order valence-corrected chi connectivity index (χ3v) is 4.68. The Labute approximate surface area is 168 Å². The zero-order valence-corrected chi connectivity index (χ0v) is 17.2. The maximum atomic E-state index is 13.2. The second-order valence-electron chi connectivity index (χ2n) is 7.51. The molecule has 0 aliphatic carbocycles. The lowest BCUT2D eigenvalue weighted by Crippen LogP contribution is -2.47. The number of nitro groups is 1. The largest absolute Gasteiger partial charge is 0.444 e. The zero-order chi connectivity index (χ0) is 21.3. The fourth-order valence-corrected chi connectivity index (χ4v) is 3.41. The van der Waals surface area contributed by atoms with E-state index in [-0.39, 0.29) is 12.2 Å². The topological polar surface area (TPSA) is 84.7 Å². The molecule has 1 aliphatic rings. The minimum atomic E-state index is -4.67. The van der Waals surface area contributed by atoms with Crippen LogP contribution in [0.3, 0.4) is 0 Å². The molecule has 1 saturated heterocycles. The first kappa shape index (κ1) is 22.3. The Balaban J connectivity index is 2.24. The Kier molecular flexibility index (Phi) is 6.47. The predicted octanol–water partition coefficient (Wildman–Crippen LogP) is 5.19. The summed E-state index contributed by atoms with van der Waals surface area (Å²) in [5.74, 6) is 0. The van der Waals surface area contributed by atoms with Gasteiger partial charge in [0.2, 0.25) is 0 Å². The van der Waals surface area contributed by atoms with Crippen LogP contribution >= 0.6 is 15.9 Å². The average molecular weight is 468 g/mol. The Morgan fingerprint density at radius 1 is 1.36 bits per heavy atom. The highest BCUT2D eigenvalue weighted by molar-refractivity contribution is 9.10. The van der Waals surface area contributed by atoms with Gasteiger partial charge >= 0.3 is 12.3 Å². The second-order valence-corrected chi connectivity index (χ2v) is 8.37. The molecular weight excluding hydrogens is 447 g/mol. The first-order valence-electron chi connectivity index (χ1n) is 8.57. The standard InChI is InChI=1S/C17H21BrF3N3O4/c1-16(2,3)28-15(25)23-6-4-5-10(9-23)22-13-7-11(17(19,20)21)12(18)8-14(13)24(26)27/h7-8,10,22H,4-6,9H2,1-3H3. The number of hydrogen-bond acceptors (Lipinski definition) is 5. The van der Waals surface area contributed by atoms with Crippen molar-refractivity contribution in [2.45, 2.75) is 51.4 Å². The van der Waals surface area contributed by atoms with Gasteiger partial charge in [-0.25, -0.2) is 4.79 Å². The van der Waals surface area contributed by atoms with Crippen LogP contribution < -0.4 is 5.32 Å². The molecule has 156 valence electrons. The van der Waals surface area contributed by atoms with Crippen LogP contribution in [0.15, 0.2) is 16.6 Å². The molecule has 1 N–H and O–H groups in total. The highest BCUT2D eigenvalue weighted by atomic mass is 79.9. The molecule has 7 nitrogen and oxygen atoms in total. The number of nitrogens with one attached hydrogen (secondary N) is 1. The second kappa shape index (κ2) is 8.14. The number of likely N-dealkylation sites (tertiary alicyclic amines) is 1. The van der Waals surface area contributed by atoms with Crippen LogP contribution in [0.25, 0.3) is 0 Å². The lowest BCUT2D eigenvalue weighted by atomic mass is 10.0. The maximum absolute atomic E-state index is 13.2. The SMILES string of the molecule is CC(C)(C)OC(=O)N1CCCC(Nc2cc(C(F)(F)F)c(Br)cc2[N+](=O)[O-])C1. The van der Waals surface area contributed by atoms with E-state index in [1.165, 1.54) is 4.90 Å². The third kappa shape index (κ3) is 5.73. The van der Waals surface area contributed by atoms with Crippen molar-refractivity contribution >= 4 is 33.4 Å². The molecule has 2 rings (SSSR count). The van der Waals surface area contributed by atoms with Crippen molar-refractivity contribution in [2.75, 3.05) is 18.4 Å². The Bertz CT molecular complexity index is 765. The summed E-state index contributed by atoms with van der Waals surface area (Å²) < 4.78 is 44.4. The number of ether oxygens (including phenoxy) is 1. The number of nitro benzene ring substituents is 1. The Morgan fingerprint density at radius 2 is 2.00 bits per heavy atom. The highest BCUT2D eigenvalue weighted by Crippen LogP contribution is 2.40. The van der Waals surface area contributed by atoms with E-state index in [9.17, 15) is 28.1 Å². The van der Waals surface area contributed by atoms with E-state index in [2.05, 4.69) is 21.2 Å². The summed E-state index contributed by atoms with van der Waals surface area (Å²) in [5, 5.41) is 14.1. The number of halogens is 4. The molecule has 0 saturated carbocycles. The first-order valence-corrected chi connectivity index (χ1v) is 9.37. The van der Waals surface area contributed by atoms with E-state index in [1.807, 2.05) is 0 Å². The van der Waals surface area contributed by atoms with Gasteiger partial charge in [0, 0.05) is 29.7 Å². The van der Waals surface area contributed by atoms with Gasteiger partial charge in [0.15, 0.2) is 0 Å². The number of hydrogen-bond donors (Lipinski definition) is 1. The molecule has 1 aromatic carbocycles. The molecule has 1 heterocycles. The summed E-state index contributed by atoms with van der Waals surface area (Å²) >= 11 is 2.75. The van der Waals surface area contributed by atoms with Gasteiger partial charge in [-0.15, -0.1) is 0 Å². The van der Waals surface area contributed by atoms with Gasteiger partial charge in [-0.05, 0) is 55.6 Å². The summed E-state index contributed by atoms with van der Waals surface area (Å²) in [6.45, 7) is 5.81. The van der Waals surface area contributed by atoms with Crippen molar-refractivity contribution in [3.63, 3.8) is 0 Å². The molecule has 0 aromatic heterocycles. The lowest BCUT2D eigenvalue weighted by molar-refractivity contribution is -0.384. The number of alkyl halides is 3. The third-order valence-electron chi connectivity index (χ3n) is 4.02. The monoisotopic (exact) mass is 467 g/mol. The van der Waals surface area contributed by atoms with Crippen molar-refractivity contribution in [1.29, 1.82) is 0 Å². The number of benzene rings is 1. The first-order chi connectivity index (χ1) is 12.8. The van der Waals surface area contributed by atoms with Gasteiger partial charge in [0.1, 0.15) is 11.3 Å². The van der Waals surface area contributed by atoms with Gasteiger partial charge in [-0.3, -0.25) is 10.1 Å². The molecule has 1 fully saturated rings. The summed E-state index contributed by atoms with van der Waals surface area (Å²) in [4.78, 5) is 24.2. The number of piperidine rings is 1. The Morgan fingerprint density at radius 3 is 2.54 bits per heavy atom. The molecule has 1 aliphatic heterocycles. The molecular formula is C17H21BrF3N3O4. The molecule has 0 spiro atoms. The molecule has 1 unspecified atom stereocenters. The van der Waals surface area contributed by atoms with Crippen molar-refractivity contribution in [1.82, 2.24) is 4.90 Å². The molecule has 1 amide bonds. The summed E-state index contributed by atoms with van der Waals surface area (Å²) in [7, 11) is 0. The number of amides is 1. The fraction of sp³-hybridized carbons (Fsp3) is 0.588. The van der Waals surface area contributed by atoms with E-state index in [0.717, 1.165) is 6.07 Å². The van der Waals surface area contributed by atoms with Crippen LogP contribution in [0.2, 0.25) is 0 Å². The van der Waals surface area contributed by atoms with E-state index in [4.69, 9.17) is 4.74 Å². The fourth-order valence-electron chi connectivity index (χ4n) is 2.85. The molecule has 0 bridgehead atoms. The van der Waals surface area contributed by atoms with E-state index < -0.39 is 44.6 Å². The molecule has 0 radical (unpaired) electrons. The van der Waals surface area contributed by atoms with Crippen LogP contribution in [0, 0.1) is 10.1 Å². The normalized spacial score (nSPS) is 18.0. The van der Waals surface area contributed by atoms with Crippen LogP contribution in [0.1, 0.15) is 39.2 Å². The quantitative estimate of drug-likeness (QED) is 0.488. The van der Waals surface area contributed by atoms with Gasteiger partial charge in [-0.2, -0.15) is 13.2 Å². The summed E-state index contributed by atoms with van der Waals surface area (Å²) in [5.41, 5.74) is -2.41. The van der Waals surface area contributed by atoms with Gasteiger partial charge in [0.05, 0.1) is 10.5 Å². The zero-order valence-electron chi connectivity index (χ0n) is 15.6. The van der Waals surface area contributed by atoms with Gasteiger partial charge in [0.25, 0.3) is 5.69 Å². The molecule has 1 atom stereocenters. The number of carbonyl (C=O) groups is 1. The van der Waals surface area contributed by atoms with Gasteiger partial charge < -0.3 is 15.0 Å². The van der Waals surface area contributed by atoms with Gasteiger partial charge in [-0.1, -0.05) is 0 Å². The van der Waals surface area contributed by atoms with E-state index >= 15 is 0 Å².